The van der Waals surface area contributed by atoms with Crippen molar-refractivity contribution in [3.05, 3.63) is 71.2 Å². The zero-order valence-electron chi connectivity index (χ0n) is 19.8. The molecule has 1 unspecified atom stereocenters. The van der Waals surface area contributed by atoms with Gasteiger partial charge in [0.25, 0.3) is 5.89 Å². The molecule has 7 heteroatoms. The van der Waals surface area contributed by atoms with Gasteiger partial charge in [-0.2, -0.15) is 4.98 Å². The number of rotatable bonds is 7. The van der Waals surface area contributed by atoms with Crippen LogP contribution in [0, 0.1) is 12.8 Å². The SMILES string of the molecule is CSc1ccc(-c2noc(C3=C(C)N(CCC(C)C)C(=S)NC3c3ccc(C)cc3)n2)cc1. The molecule has 0 spiro atoms. The van der Waals surface area contributed by atoms with Crippen molar-refractivity contribution in [1.29, 1.82) is 0 Å². The lowest BCUT2D eigenvalue weighted by Gasteiger charge is -2.37. The van der Waals surface area contributed by atoms with Gasteiger partial charge in [-0.05, 0) is 74.5 Å². The van der Waals surface area contributed by atoms with E-state index < -0.39 is 0 Å². The summed E-state index contributed by atoms with van der Waals surface area (Å²) in [6.07, 6.45) is 3.10. The molecule has 0 fully saturated rings. The summed E-state index contributed by atoms with van der Waals surface area (Å²) in [4.78, 5) is 8.17. The zero-order chi connectivity index (χ0) is 23.5. The van der Waals surface area contributed by atoms with Crippen LogP contribution in [-0.2, 0) is 0 Å². The lowest BCUT2D eigenvalue weighted by molar-refractivity contribution is 0.390. The number of aromatic nitrogens is 2. The molecule has 1 aliphatic heterocycles. The van der Waals surface area contributed by atoms with Gasteiger partial charge in [0, 0.05) is 22.7 Å². The molecule has 1 aromatic heterocycles. The first-order valence-electron chi connectivity index (χ1n) is 11.2. The fraction of sp³-hybridized carbons (Fsp3) is 0.346. The van der Waals surface area contributed by atoms with Gasteiger partial charge in [-0.3, -0.25) is 0 Å². The quantitative estimate of drug-likeness (QED) is 0.308. The molecule has 5 nitrogen and oxygen atoms in total. The normalized spacial score (nSPS) is 16.5. The number of benzene rings is 2. The minimum Gasteiger partial charge on any atom is -0.351 e. The Balaban J connectivity index is 1.76. The Morgan fingerprint density at radius 2 is 1.79 bits per heavy atom. The average molecular weight is 479 g/mol. The summed E-state index contributed by atoms with van der Waals surface area (Å²) in [6, 6.07) is 16.5. The Hall–Kier alpha value is -2.64. The molecular weight excluding hydrogens is 448 g/mol. The van der Waals surface area contributed by atoms with E-state index in [1.807, 2.05) is 12.1 Å². The number of hydrogen-bond donors (Lipinski definition) is 1. The third-order valence-corrected chi connectivity index (χ3v) is 7.02. The first kappa shape index (κ1) is 23.5. The van der Waals surface area contributed by atoms with E-state index in [2.05, 4.69) is 85.7 Å². The van der Waals surface area contributed by atoms with E-state index in [1.165, 1.54) is 10.5 Å². The highest BCUT2D eigenvalue weighted by Gasteiger charge is 2.34. The van der Waals surface area contributed by atoms with Crippen LogP contribution < -0.4 is 5.32 Å². The molecule has 0 saturated heterocycles. The summed E-state index contributed by atoms with van der Waals surface area (Å²) in [5, 5.41) is 8.58. The molecule has 1 N–H and O–H groups in total. The van der Waals surface area contributed by atoms with Crippen molar-refractivity contribution in [3.63, 3.8) is 0 Å². The highest BCUT2D eigenvalue weighted by Crippen LogP contribution is 2.37. The van der Waals surface area contributed by atoms with Crippen LogP contribution in [0.3, 0.4) is 0 Å². The lowest BCUT2D eigenvalue weighted by Crippen LogP contribution is -2.46. The van der Waals surface area contributed by atoms with E-state index in [1.54, 1.807) is 11.8 Å². The van der Waals surface area contributed by atoms with Crippen molar-refractivity contribution in [3.8, 4) is 11.4 Å². The molecule has 0 aliphatic carbocycles. The maximum absolute atomic E-state index is 5.84. The number of aryl methyl sites for hydroxylation is 1. The molecule has 172 valence electrons. The molecule has 1 aliphatic rings. The molecule has 1 atom stereocenters. The standard InChI is InChI=1S/C26H30N4OS2/c1-16(2)14-15-30-18(4)22(23(27-26(30)32)19-8-6-17(3)7-9-19)25-28-24(29-31-25)20-10-12-21(33-5)13-11-20/h6-13,16,23H,14-15H2,1-5H3,(H,27,32). The Bertz CT molecular complexity index is 1150. The Labute approximate surface area is 205 Å². The Morgan fingerprint density at radius 3 is 2.42 bits per heavy atom. The van der Waals surface area contributed by atoms with Gasteiger partial charge in [0.2, 0.25) is 5.82 Å². The molecular formula is C26H30N4OS2. The Kier molecular flexibility index (Phi) is 7.20. The van der Waals surface area contributed by atoms with Gasteiger partial charge in [0.05, 0.1) is 11.6 Å². The van der Waals surface area contributed by atoms with Crippen LogP contribution in [0.4, 0.5) is 0 Å². The van der Waals surface area contributed by atoms with Crippen LogP contribution in [0.5, 0.6) is 0 Å². The summed E-state index contributed by atoms with van der Waals surface area (Å²) in [6.45, 7) is 9.48. The second-order valence-electron chi connectivity index (χ2n) is 8.78. The lowest BCUT2D eigenvalue weighted by atomic mass is 9.94. The summed E-state index contributed by atoms with van der Waals surface area (Å²) >= 11 is 7.49. The number of thioether (sulfide) groups is 1. The first-order chi connectivity index (χ1) is 15.9. The zero-order valence-corrected chi connectivity index (χ0v) is 21.4. The van der Waals surface area contributed by atoms with Crippen LogP contribution in [-0.4, -0.2) is 33.0 Å². The summed E-state index contributed by atoms with van der Waals surface area (Å²) in [5.41, 5.74) is 5.29. The van der Waals surface area contributed by atoms with Crippen molar-refractivity contribution < 1.29 is 4.52 Å². The molecule has 0 radical (unpaired) electrons. The second kappa shape index (κ2) is 10.1. The third-order valence-electron chi connectivity index (χ3n) is 5.94. The van der Waals surface area contributed by atoms with E-state index in [0.29, 0.717) is 17.6 Å². The molecule has 4 rings (SSSR count). The number of nitrogens with zero attached hydrogens (tertiary/aromatic N) is 3. The number of nitrogens with one attached hydrogen (secondary N) is 1. The molecule has 33 heavy (non-hydrogen) atoms. The van der Waals surface area contributed by atoms with E-state index in [0.717, 1.165) is 40.5 Å². The molecule has 3 aromatic rings. The highest BCUT2D eigenvalue weighted by atomic mass is 32.2. The van der Waals surface area contributed by atoms with E-state index in [-0.39, 0.29) is 6.04 Å². The van der Waals surface area contributed by atoms with Crippen molar-refractivity contribution in [2.45, 2.75) is 45.1 Å². The molecule has 2 aromatic carbocycles. The van der Waals surface area contributed by atoms with Gasteiger partial charge in [-0.15, -0.1) is 11.8 Å². The predicted octanol–water partition coefficient (Wildman–Crippen LogP) is 6.48. The minimum atomic E-state index is -0.152. The van der Waals surface area contributed by atoms with Gasteiger partial charge in [-0.1, -0.05) is 48.8 Å². The smallest absolute Gasteiger partial charge is 0.258 e. The molecule has 0 bridgehead atoms. The monoisotopic (exact) mass is 478 g/mol. The molecule has 0 saturated carbocycles. The van der Waals surface area contributed by atoms with Gasteiger partial charge < -0.3 is 14.7 Å². The van der Waals surface area contributed by atoms with Crippen LogP contribution in [0.2, 0.25) is 0 Å². The molecule has 0 amide bonds. The van der Waals surface area contributed by atoms with Crippen molar-refractivity contribution in [2.24, 2.45) is 5.92 Å². The third kappa shape index (κ3) is 5.14. The van der Waals surface area contributed by atoms with Gasteiger partial charge in [0.1, 0.15) is 0 Å². The van der Waals surface area contributed by atoms with Gasteiger partial charge in [-0.25, -0.2) is 0 Å². The van der Waals surface area contributed by atoms with Crippen LogP contribution in [0.1, 0.15) is 50.3 Å². The summed E-state index contributed by atoms with van der Waals surface area (Å²) in [5.74, 6) is 1.69. The van der Waals surface area contributed by atoms with E-state index in [9.17, 15) is 0 Å². The fourth-order valence-electron chi connectivity index (χ4n) is 3.91. The van der Waals surface area contributed by atoms with Crippen molar-refractivity contribution in [1.82, 2.24) is 20.4 Å². The van der Waals surface area contributed by atoms with Crippen LogP contribution in [0.25, 0.3) is 17.0 Å². The fourth-order valence-corrected chi connectivity index (χ4v) is 4.67. The van der Waals surface area contributed by atoms with Crippen molar-refractivity contribution in [2.75, 3.05) is 12.8 Å². The summed E-state index contributed by atoms with van der Waals surface area (Å²) < 4.78 is 5.84. The maximum atomic E-state index is 5.84. The largest absolute Gasteiger partial charge is 0.351 e. The number of thiocarbonyl (C=S) groups is 1. The topological polar surface area (TPSA) is 54.2 Å². The number of allylic oxidation sites excluding steroid dienone is 1. The number of hydrogen-bond acceptors (Lipinski definition) is 5. The molecule has 2 heterocycles. The predicted molar refractivity (Wildman–Crippen MR) is 140 cm³/mol. The Morgan fingerprint density at radius 1 is 1.09 bits per heavy atom. The first-order valence-corrected chi connectivity index (χ1v) is 12.8. The van der Waals surface area contributed by atoms with Gasteiger partial charge >= 0.3 is 0 Å². The highest BCUT2D eigenvalue weighted by molar-refractivity contribution is 7.98. The average Bonchev–Trinajstić information content (AvgIpc) is 3.28. The van der Waals surface area contributed by atoms with Gasteiger partial charge in [0.15, 0.2) is 5.11 Å². The van der Waals surface area contributed by atoms with Crippen molar-refractivity contribution >= 4 is 34.7 Å². The second-order valence-corrected chi connectivity index (χ2v) is 10.0. The van der Waals surface area contributed by atoms with E-state index >= 15 is 0 Å². The van der Waals surface area contributed by atoms with Crippen LogP contribution >= 0.6 is 24.0 Å². The minimum absolute atomic E-state index is 0.152. The van der Waals surface area contributed by atoms with E-state index in [4.69, 9.17) is 21.7 Å². The maximum Gasteiger partial charge on any atom is 0.258 e. The van der Waals surface area contributed by atoms with Crippen LogP contribution in [0.15, 0.2) is 63.6 Å². The summed E-state index contributed by atoms with van der Waals surface area (Å²) in [7, 11) is 0.